The molecule has 0 radical (unpaired) electrons. The zero-order valence-corrected chi connectivity index (χ0v) is 10.8. The molecule has 0 aliphatic rings. The summed E-state index contributed by atoms with van der Waals surface area (Å²) in [5.41, 5.74) is 0. The maximum Gasteiger partial charge on any atom is 0.223 e. The molecule has 20 heavy (non-hydrogen) atoms. The highest BCUT2D eigenvalue weighted by Gasteiger charge is 2.03. The van der Waals surface area contributed by atoms with Gasteiger partial charge in [0.15, 0.2) is 0 Å². The molecular formula is C13H15FN4O2. The SMILES string of the molecule is O=C(CCOc1cccc(F)c1)NCCc1ncn[nH]1. The van der Waals surface area contributed by atoms with Crippen LogP contribution in [0.3, 0.4) is 0 Å². The van der Waals surface area contributed by atoms with Crippen molar-refractivity contribution in [2.45, 2.75) is 12.8 Å². The molecule has 7 heteroatoms. The molecule has 0 aliphatic carbocycles. The van der Waals surface area contributed by atoms with E-state index in [0.29, 0.717) is 18.7 Å². The van der Waals surface area contributed by atoms with Crippen molar-refractivity contribution in [3.63, 3.8) is 0 Å². The van der Waals surface area contributed by atoms with Gasteiger partial charge in [-0.05, 0) is 12.1 Å². The number of nitrogens with zero attached hydrogens (tertiary/aromatic N) is 2. The van der Waals surface area contributed by atoms with Crippen LogP contribution in [0.1, 0.15) is 12.2 Å². The van der Waals surface area contributed by atoms with Crippen LogP contribution in [-0.4, -0.2) is 34.2 Å². The smallest absolute Gasteiger partial charge is 0.223 e. The Balaban J connectivity index is 1.60. The van der Waals surface area contributed by atoms with Crippen molar-refractivity contribution < 1.29 is 13.9 Å². The first-order valence-electron chi connectivity index (χ1n) is 6.23. The Labute approximate surface area is 115 Å². The maximum atomic E-state index is 12.9. The number of carbonyl (C=O) groups excluding carboxylic acids is 1. The fourth-order valence-electron chi connectivity index (χ4n) is 1.58. The third kappa shape index (κ3) is 4.68. The number of aromatic nitrogens is 3. The van der Waals surface area contributed by atoms with E-state index < -0.39 is 0 Å². The van der Waals surface area contributed by atoms with Gasteiger partial charge in [0.05, 0.1) is 13.0 Å². The summed E-state index contributed by atoms with van der Waals surface area (Å²) in [5.74, 6) is 0.653. The third-order valence-corrected chi connectivity index (χ3v) is 2.54. The minimum atomic E-state index is -0.362. The molecule has 1 aromatic heterocycles. The zero-order chi connectivity index (χ0) is 14.2. The van der Waals surface area contributed by atoms with Gasteiger partial charge >= 0.3 is 0 Å². The summed E-state index contributed by atoms with van der Waals surface area (Å²) in [4.78, 5) is 15.5. The first-order valence-corrected chi connectivity index (χ1v) is 6.23. The monoisotopic (exact) mass is 278 g/mol. The summed E-state index contributed by atoms with van der Waals surface area (Å²) >= 11 is 0. The first kappa shape index (κ1) is 14.0. The fourth-order valence-corrected chi connectivity index (χ4v) is 1.58. The van der Waals surface area contributed by atoms with Gasteiger partial charge in [0.25, 0.3) is 0 Å². The van der Waals surface area contributed by atoms with Crippen molar-refractivity contribution >= 4 is 5.91 Å². The van der Waals surface area contributed by atoms with E-state index in [0.717, 1.165) is 5.82 Å². The molecule has 0 saturated carbocycles. The van der Waals surface area contributed by atoms with Crippen LogP contribution in [0.25, 0.3) is 0 Å². The van der Waals surface area contributed by atoms with E-state index in [1.165, 1.54) is 18.5 Å². The number of hydrogen-bond acceptors (Lipinski definition) is 4. The lowest BCUT2D eigenvalue weighted by Gasteiger charge is -2.06. The fraction of sp³-hybridized carbons (Fsp3) is 0.308. The van der Waals surface area contributed by atoms with Gasteiger partial charge in [0.1, 0.15) is 23.7 Å². The molecule has 2 rings (SSSR count). The standard InChI is InChI=1S/C13H15FN4O2/c14-10-2-1-3-11(8-10)20-7-5-13(19)15-6-4-12-16-9-17-18-12/h1-3,8-9H,4-7H2,(H,15,19)(H,16,17,18). The molecule has 0 unspecified atom stereocenters. The highest BCUT2D eigenvalue weighted by Crippen LogP contribution is 2.11. The van der Waals surface area contributed by atoms with Gasteiger partial charge in [-0.15, -0.1) is 0 Å². The van der Waals surface area contributed by atoms with E-state index in [4.69, 9.17) is 4.74 Å². The van der Waals surface area contributed by atoms with Crippen molar-refractivity contribution in [2.75, 3.05) is 13.2 Å². The second-order valence-electron chi connectivity index (χ2n) is 4.09. The third-order valence-electron chi connectivity index (χ3n) is 2.54. The molecule has 0 atom stereocenters. The van der Waals surface area contributed by atoms with Crippen LogP contribution in [0, 0.1) is 5.82 Å². The van der Waals surface area contributed by atoms with Crippen molar-refractivity contribution in [2.24, 2.45) is 0 Å². The lowest BCUT2D eigenvalue weighted by atomic mass is 10.3. The highest BCUT2D eigenvalue weighted by molar-refractivity contribution is 5.75. The molecule has 2 aromatic rings. The van der Waals surface area contributed by atoms with Crippen LogP contribution in [0.15, 0.2) is 30.6 Å². The van der Waals surface area contributed by atoms with Gasteiger partial charge in [-0.3, -0.25) is 9.89 Å². The molecule has 106 valence electrons. The van der Waals surface area contributed by atoms with Gasteiger partial charge in [-0.25, -0.2) is 9.37 Å². The minimum Gasteiger partial charge on any atom is -0.493 e. The number of rotatable bonds is 7. The quantitative estimate of drug-likeness (QED) is 0.794. The topological polar surface area (TPSA) is 79.9 Å². The van der Waals surface area contributed by atoms with Crippen molar-refractivity contribution in [1.29, 1.82) is 0 Å². The van der Waals surface area contributed by atoms with Crippen LogP contribution < -0.4 is 10.1 Å². The Bertz CT molecular complexity index is 545. The van der Waals surface area contributed by atoms with Gasteiger partial charge in [-0.2, -0.15) is 5.10 Å². The number of ether oxygens (including phenoxy) is 1. The Hall–Kier alpha value is -2.44. The highest BCUT2D eigenvalue weighted by atomic mass is 19.1. The number of hydrogen-bond donors (Lipinski definition) is 2. The van der Waals surface area contributed by atoms with E-state index in [2.05, 4.69) is 20.5 Å². The number of H-pyrrole nitrogens is 1. The van der Waals surface area contributed by atoms with E-state index in [-0.39, 0.29) is 24.8 Å². The molecule has 0 spiro atoms. The summed E-state index contributed by atoms with van der Waals surface area (Å²) in [7, 11) is 0. The van der Waals surface area contributed by atoms with Crippen molar-refractivity contribution in [3.8, 4) is 5.75 Å². The largest absolute Gasteiger partial charge is 0.493 e. The average Bonchev–Trinajstić information content (AvgIpc) is 2.92. The van der Waals surface area contributed by atoms with Gasteiger partial charge < -0.3 is 10.1 Å². The van der Waals surface area contributed by atoms with Crippen LogP contribution in [0.2, 0.25) is 0 Å². The van der Waals surface area contributed by atoms with Crippen LogP contribution in [0.4, 0.5) is 4.39 Å². The molecule has 0 saturated heterocycles. The molecule has 6 nitrogen and oxygen atoms in total. The first-order chi connectivity index (χ1) is 9.74. The van der Waals surface area contributed by atoms with E-state index in [9.17, 15) is 9.18 Å². The molecule has 0 bridgehead atoms. The van der Waals surface area contributed by atoms with Crippen molar-refractivity contribution in [3.05, 3.63) is 42.2 Å². The average molecular weight is 278 g/mol. The summed E-state index contributed by atoms with van der Waals surface area (Å²) in [6.07, 6.45) is 2.23. The van der Waals surface area contributed by atoms with Gasteiger partial charge in [-0.1, -0.05) is 6.07 Å². The molecule has 2 N–H and O–H groups in total. The summed E-state index contributed by atoms with van der Waals surface area (Å²) in [6.45, 7) is 0.686. The van der Waals surface area contributed by atoms with Crippen LogP contribution in [0.5, 0.6) is 5.75 Å². The number of benzene rings is 1. The van der Waals surface area contributed by atoms with Crippen LogP contribution >= 0.6 is 0 Å². The molecule has 0 fully saturated rings. The molecule has 1 aromatic carbocycles. The van der Waals surface area contributed by atoms with E-state index in [1.807, 2.05) is 0 Å². The van der Waals surface area contributed by atoms with Crippen molar-refractivity contribution in [1.82, 2.24) is 20.5 Å². The Kier molecular flexibility index (Phi) is 5.05. The molecule has 0 aliphatic heterocycles. The molecule has 1 amide bonds. The van der Waals surface area contributed by atoms with E-state index in [1.54, 1.807) is 12.1 Å². The van der Waals surface area contributed by atoms with E-state index >= 15 is 0 Å². The summed E-state index contributed by atoms with van der Waals surface area (Å²) < 4.78 is 18.2. The number of carbonyl (C=O) groups is 1. The van der Waals surface area contributed by atoms with Crippen LogP contribution in [-0.2, 0) is 11.2 Å². The molecular weight excluding hydrogens is 263 g/mol. The normalized spacial score (nSPS) is 10.2. The predicted octanol–water partition coefficient (Wildman–Crippen LogP) is 1.07. The number of amides is 1. The lowest BCUT2D eigenvalue weighted by molar-refractivity contribution is -0.121. The second kappa shape index (κ2) is 7.22. The predicted molar refractivity (Wildman–Crippen MR) is 69.6 cm³/mol. The lowest BCUT2D eigenvalue weighted by Crippen LogP contribution is -2.27. The summed E-state index contributed by atoms with van der Waals surface area (Å²) in [6, 6.07) is 5.82. The Morgan fingerprint density at radius 3 is 3.10 bits per heavy atom. The van der Waals surface area contributed by atoms with Gasteiger partial charge in [0, 0.05) is 19.0 Å². The van der Waals surface area contributed by atoms with Gasteiger partial charge in [0.2, 0.25) is 5.91 Å². The number of aromatic amines is 1. The maximum absolute atomic E-state index is 12.9. The number of halogens is 1. The minimum absolute atomic E-state index is 0.124. The second-order valence-corrected chi connectivity index (χ2v) is 4.09. The zero-order valence-electron chi connectivity index (χ0n) is 10.8. The number of nitrogens with one attached hydrogen (secondary N) is 2. The molecule has 1 heterocycles. The Morgan fingerprint density at radius 1 is 1.45 bits per heavy atom. The Morgan fingerprint density at radius 2 is 2.35 bits per heavy atom. The summed E-state index contributed by atoms with van der Waals surface area (Å²) in [5, 5.41) is 9.16.